The van der Waals surface area contributed by atoms with E-state index in [0.29, 0.717) is 0 Å². The number of rotatable bonds is 3. The highest BCUT2D eigenvalue weighted by atomic mass is 16.6. The summed E-state index contributed by atoms with van der Waals surface area (Å²) in [6, 6.07) is 5.83. The number of anilines is 1. The van der Waals surface area contributed by atoms with Crippen molar-refractivity contribution in [1.82, 2.24) is 4.90 Å². The van der Waals surface area contributed by atoms with Crippen molar-refractivity contribution in [1.29, 1.82) is 0 Å². The van der Waals surface area contributed by atoms with Gasteiger partial charge < -0.3 is 10.2 Å². The molecule has 118 valence electrons. The third-order valence-electron chi connectivity index (χ3n) is 3.99. The van der Waals surface area contributed by atoms with Gasteiger partial charge in [0.15, 0.2) is 0 Å². The lowest BCUT2D eigenvalue weighted by atomic mass is 9.94. The minimum absolute atomic E-state index is 0.0305. The second kappa shape index (κ2) is 7.02. The first-order chi connectivity index (χ1) is 10.5. The summed E-state index contributed by atoms with van der Waals surface area (Å²) >= 11 is 0. The smallest absolute Gasteiger partial charge is 0.314 e. The van der Waals surface area contributed by atoms with Crippen molar-refractivity contribution in [2.24, 2.45) is 0 Å². The van der Waals surface area contributed by atoms with Crippen molar-refractivity contribution < 1.29 is 14.5 Å². The van der Waals surface area contributed by atoms with Crippen LogP contribution in [0, 0.1) is 10.1 Å². The zero-order valence-corrected chi connectivity index (χ0v) is 12.4. The molecule has 2 amide bonds. The molecular weight excluding hydrogens is 286 g/mol. The van der Waals surface area contributed by atoms with E-state index in [1.165, 1.54) is 23.1 Å². The third-order valence-corrected chi connectivity index (χ3v) is 3.99. The first-order valence-corrected chi connectivity index (χ1v) is 7.32. The van der Waals surface area contributed by atoms with Crippen LogP contribution in [0.1, 0.15) is 32.1 Å². The quantitative estimate of drug-likeness (QED) is 0.527. The van der Waals surface area contributed by atoms with Crippen LogP contribution >= 0.6 is 0 Å². The number of amides is 2. The van der Waals surface area contributed by atoms with Gasteiger partial charge in [0.2, 0.25) is 0 Å². The SMILES string of the molecule is CN(C(=O)C(=O)Nc1ccccc1[N+](=O)[O-])C1CCCCC1. The number of benzene rings is 1. The Labute approximate surface area is 128 Å². The number of nitrogens with one attached hydrogen (secondary N) is 1. The van der Waals surface area contributed by atoms with E-state index in [0.717, 1.165) is 32.1 Å². The number of likely N-dealkylation sites (N-methyl/N-ethyl adjacent to an activating group) is 1. The van der Waals surface area contributed by atoms with Gasteiger partial charge in [-0.2, -0.15) is 0 Å². The van der Waals surface area contributed by atoms with Gasteiger partial charge in [-0.05, 0) is 18.9 Å². The second-order valence-corrected chi connectivity index (χ2v) is 5.44. The van der Waals surface area contributed by atoms with Gasteiger partial charge in [0, 0.05) is 19.2 Å². The fourth-order valence-corrected chi connectivity index (χ4v) is 2.71. The van der Waals surface area contributed by atoms with Crippen molar-refractivity contribution in [3.05, 3.63) is 34.4 Å². The van der Waals surface area contributed by atoms with Crippen LogP contribution < -0.4 is 5.32 Å². The van der Waals surface area contributed by atoms with E-state index in [4.69, 9.17) is 0 Å². The number of nitro groups is 1. The number of hydrogen-bond donors (Lipinski definition) is 1. The average Bonchev–Trinajstić information content (AvgIpc) is 2.54. The van der Waals surface area contributed by atoms with Crippen LogP contribution in [-0.2, 0) is 9.59 Å². The summed E-state index contributed by atoms with van der Waals surface area (Å²) in [6.07, 6.45) is 5.03. The minimum Gasteiger partial charge on any atom is -0.335 e. The molecule has 0 unspecified atom stereocenters. The van der Waals surface area contributed by atoms with E-state index < -0.39 is 16.7 Å². The molecule has 0 spiro atoms. The number of para-hydroxylation sites is 2. The summed E-state index contributed by atoms with van der Waals surface area (Å²) in [7, 11) is 1.61. The van der Waals surface area contributed by atoms with Gasteiger partial charge in [-0.15, -0.1) is 0 Å². The Balaban J connectivity index is 2.05. The first-order valence-electron chi connectivity index (χ1n) is 7.32. The van der Waals surface area contributed by atoms with Gasteiger partial charge in [0.05, 0.1) is 4.92 Å². The lowest BCUT2D eigenvalue weighted by molar-refractivity contribution is -0.383. The Morgan fingerprint density at radius 3 is 2.50 bits per heavy atom. The maximum Gasteiger partial charge on any atom is 0.314 e. The Kier molecular flexibility index (Phi) is 5.08. The van der Waals surface area contributed by atoms with Crippen molar-refractivity contribution in [2.75, 3.05) is 12.4 Å². The summed E-state index contributed by atoms with van der Waals surface area (Å²) in [5, 5.41) is 13.3. The van der Waals surface area contributed by atoms with Crippen LogP contribution in [0.5, 0.6) is 0 Å². The van der Waals surface area contributed by atoms with Crippen LogP contribution in [0.15, 0.2) is 24.3 Å². The zero-order valence-electron chi connectivity index (χ0n) is 12.4. The van der Waals surface area contributed by atoms with Crippen molar-refractivity contribution in [3.8, 4) is 0 Å². The fourth-order valence-electron chi connectivity index (χ4n) is 2.71. The Hall–Kier alpha value is -2.44. The molecule has 0 aromatic heterocycles. The molecule has 7 nitrogen and oxygen atoms in total. The number of nitro benzene ring substituents is 1. The molecular formula is C15H19N3O4. The van der Waals surface area contributed by atoms with E-state index in [1.807, 2.05) is 0 Å². The standard InChI is InChI=1S/C15H19N3O4/c1-17(11-7-3-2-4-8-11)15(20)14(19)16-12-9-5-6-10-13(12)18(21)22/h5-6,9-11H,2-4,7-8H2,1H3,(H,16,19). The Morgan fingerprint density at radius 2 is 1.86 bits per heavy atom. The molecule has 1 fully saturated rings. The van der Waals surface area contributed by atoms with Crippen LogP contribution in [-0.4, -0.2) is 34.7 Å². The molecule has 1 saturated carbocycles. The molecule has 0 bridgehead atoms. The predicted octanol–water partition coefficient (Wildman–Crippen LogP) is 2.32. The van der Waals surface area contributed by atoms with Crippen LogP contribution in [0.4, 0.5) is 11.4 Å². The van der Waals surface area contributed by atoms with E-state index in [-0.39, 0.29) is 17.4 Å². The zero-order chi connectivity index (χ0) is 16.1. The number of carbonyl (C=O) groups excluding carboxylic acids is 2. The summed E-state index contributed by atoms with van der Waals surface area (Å²) < 4.78 is 0. The van der Waals surface area contributed by atoms with Crippen LogP contribution in [0.25, 0.3) is 0 Å². The van der Waals surface area contributed by atoms with E-state index in [9.17, 15) is 19.7 Å². The normalized spacial score (nSPS) is 15.1. The van der Waals surface area contributed by atoms with Crippen molar-refractivity contribution >= 4 is 23.2 Å². The van der Waals surface area contributed by atoms with Gasteiger partial charge in [-0.1, -0.05) is 31.4 Å². The molecule has 1 N–H and O–H groups in total. The van der Waals surface area contributed by atoms with Gasteiger partial charge >= 0.3 is 11.8 Å². The summed E-state index contributed by atoms with van der Waals surface area (Å²) in [6.45, 7) is 0. The third kappa shape index (κ3) is 3.60. The maximum atomic E-state index is 12.2. The fraction of sp³-hybridized carbons (Fsp3) is 0.467. The highest BCUT2D eigenvalue weighted by Gasteiger charge is 2.27. The minimum atomic E-state index is -0.845. The van der Waals surface area contributed by atoms with Crippen LogP contribution in [0.2, 0.25) is 0 Å². The van der Waals surface area contributed by atoms with E-state index >= 15 is 0 Å². The van der Waals surface area contributed by atoms with Gasteiger partial charge in [0.1, 0.15) is 5.69 Å². The molecule has 2 rings (SSSR count). The van der Waals surface area contributed by atoms with Gasteiger partial charge in [-0.25, -0.2) is 0 Å². The first kappa shape index (κ1) is 15.9. The average molecular weight is 305 g/mol. The lowest BCUT2D eigenvalue weighted by Gasteiger charge is -2.30. The molecule has 1 aliphatic rings. The van der Waals surface area contributed by atoms with Gasteiger partial charge in [0.25, 0.3) is 5.69 Å². The molecule has 0 saturated heterocycles. The molecule has 0 radical (unpaired) electrons. The van der Waals surface area contributed by atoms with E-state index in [1.54, 1.807) is 13.1 Å². The largest absolute Gasteiger partial charge is 0.335 e. The second-order valence-electron chi connectivity index (χ2n) is 5.44. The van der Waals surface area contributed by atoms with Crippen molar-refractivity contribution in [2.45, 2.75) is 38.1 Å². The highest BCUT2D eigenvalue weighted by Crippen LogP contribution is 2.24. The van der Waals surface area contributed by atoms with Crippen LogP contribution in [0.3, 0.4) is 0 Å². The number of hydrogen-bond acceptors (Lipinski definition) is 4. The summed E-state index contributed by atoms with van der Waals surface area (Å²) in [5.41, 5.74) is -0.202. The Morgan fingerprint density at radius 1 is 1.23 bits per heavy atom. The molecule has 7 heteroatoms. The summed E-state index contributed by atoms with van der Waals surface area (Å²) in [5.74, 6) is -1.51. The van der Waals surface area contributed by atoms with Gasteiger partial charge in [-0.3, -0.25) is 19.7 Å². The molecule has 1 aromatic carbocycles. The molecule has 0 atom stereocenters. The summed E-state index contributed by atoms with van der Waals surface area (Å²) in [4.78, 5) is 36.0. The Bertz CT molecular complexity index is 582. The molecule has 1 aliphatic carbocycles. The number of carbonyl (C=O) groups is 2. The maximum absolute atomic E-state index is 12.2. The molecule has 1 aromatic rings. The lowest BCUT2D eigenvalue weighted by Crippen LogP contribution is -2.44. The molecule has 0 aliphatic heterocycles. The van der Waals surface area contributed by atoms with E-state index in [2.05, 4.69) is 5.32 Å². The topological polar surface area (TPSA) is 92.6 Å². The molecule has 0 heterocycles. The monoisotopic (exact) mass is 305 g/mol. The molecule has 22 heavy (non-hydrogen) atoms. The predicted molar refractivity (Wildman–Crippen MR) is 81.4 cm³/mol. The number of nitrogens with zero attached hydrogens (tertiary/aromatic N) is 2. The highest BCUT2D eigenvalue weighted by molar-refractivity contribution is 6.39. The van der Waals surface area contributed by atoms with Crippen molar-refractivity contribution in [3.63, 3.8) is 0 Å².